The standard InChI is InChI=1S/C26H24F3N3O3/c1-18-11-12-23(22(15-18)30-24(33)20-8-3-2-4-9-20)32-14-6-13-31(25(32)34)17-19-7-5-10-21(16-19)35-26(27,28)29/h2-5,7-12,15-16H,6,13-14,17H2,1H3,(H,30,33). The third-order valence-corrected chi connectivity index (χ3v) is 5.54. The van der Waals surface area contributed by atoms with E-state index in [4.69, 9.17) is 0 Å². The van der Waals surface area contributed by atoms with Gasteiger partial charge in [-0.2, -0.15) is 0 Å². The highest BCUT2D eigenvalue weighted by molar-refractivity contribution is 6.07. The maximum atomic E-state index is 13.4. The Labute approximate surface area is 200 Å². The van der Waals surface area contributed by atoms with Crippen molar-refractivity contribution in [1.29, 1.82) is 0 Å². The molecule has 6 nitrogen and oxygen atoms in total. The molecule has 182 valence electrons. The fraction of sp³-hybridized carbons (Fsp3) is 0.231. The van der Waals surface area contributed by atoms with E-state index in [1.54, 1.807) is 52.3 Å². The Kier molecular flexibility index (Phi) is 6.95. The summed E-state index contributed by atoms with van der Waals surface area (Å²) in [5.74, 6) is -0.624. The molecule has 0 radical (unpaired) electrons. The summed E-state index contributed by atoms with van der Waals surface area (Å²) in [6.45, 7) is 2.92. The minimum atomic E-state index is -4.79. The Balaban J connectivity index is 1.54. The number of aryl methyl sites for hydroxylation is 1. The number of amides is 3. The number of hydrogen-bond donors (Lipinski definition) is 1. The van der Waals surface area contributed by atoms with Crippen LogP contribution in [0.4, 0.5) is 29.3 Å². The highest BCUT2D eigenvalue weighted by Gasteiger charge is 2.32. The Morgan fingerprint density at radius 3 is 2.51 bits per heavy atom. The van der Waals surface area contributed by atoms with Gasteiger partial charge in [-0.05, 0) is 60.9 Å². The number of carbonyl (C=O) groups excluding carboxylic acids is 2. The lowest BCUT2D eigenvalue weighted by Crippen LogP contribution is -2.49. The monoisotopic (exact) mass is 483 g/mol. The average molecular weight is 483 g/mol. The number of nitrogens with one attached hydrogen (secondary N) is 1. The molecule has 0 saturated carbocycles. The van der Waals surface area contributed by atoms with Gasteiger partial charge < -0.3 is 15.0 Å². The molecule has 1 saturated heterocycles. The molecule has 1 fully saturated rings. The second-order valence-electron chi connectivity index (χ2n) is 8.25. The first-order chi connectivity index (χ1) is 16.7. The maximum absolute atomic E-state index is 13.4. The van der Waals surface area contributed by atoms with Crippen molar-refractivity contribution >= 4 is 23.3 Å². The van der Waals surface area contributed by atoms with E-state index in [2.05, 4.69) is 10.1 Å². The molecule has 3 aromatic rings. The minimum Gasteiger partial charge on any atom is -0.406 e. The Hall–Kier alpha value is -4.01. The average Bonchev–Trinajstić information content (AvgIpc) is 2.81. The van der Waals surface area contributed by atoms with Crippen molar-refractivity contribution in [2.24, 2.45) is 0 Å². The Bertz CT molecular complexity index is 1220. The molecule has 0 spiro atoms. The molecule has 4 rings (SSSR count). The van der Waals surface area contributed by atoms with Gasteiger partial charge >= 0.3 is 12.4 Å². The van der Waals surface area contributed by atoms with Crippen LogP contribution in [-0.2, 0) is 6.54 Å². The number of carbonyl (C=O) groups is 2. The third kappa shape index (κ3) is 6.11. The van der Waals surface area contributed by atoms with E-state index >= 15 is 0 Å². The molecule has 1 heterocycles. The zero-order valence-corrected chi connectivity index (χ0v) is 19.0. The highest BCUT2D eigenvalue weighted by Crippen LogP contribution is 2.31. The van der Waals surface area contributed by atoms with Crippen LogP contribution >= 0.6 is 0 Å². The zero-order valence-electron chi connectivity index (χ0n) is 19.0. The molecule has 0 unspecified atom stereocenters. The van der Waals surface area contributed by atoms with Crippen LogP contribution in [0, 0.1) is 6.92 Å². The van der Waals surface area contributed by atoms with Crippen LogP contribution in [0.5, 0.6) is 5.75 Å². The highest BCUT2D eigenvalue weighted by atomic mass is 19.4. The fourth-order valence-electron chi connectivity index (χ4n) is 3.98. The van der Waals surface area contributed by atoms with Crippen molar-refractivity contribution in [3.05, 3.63) is 89.5 Å². The van der Waals surface area contributed by atoms with E-state index in [1.165, 1.54) is 18.2 Å². The number of urea groups is 1. The summed E-state index contributed by atoms with van der Waals surface area (Å²) in [6.07, 6.45) is -4.13. The number of halogens is 3. The SMILES string of the molecule is Cc1ccc(N2CCCN(Cc3cccc(OC(F)(F)F)c3)C2=O)c(NC(=O)c2ccccc2)c1. The smallest absolute Gasteiger partial charge is 0.406 e. The molecule has 1 aliphatic rings. The first kappa shape index (κ1) is 24.1. The van der Waals surface area contributed by atoms with Crippen LogP contribution in [0.2, 0.25) is 0 Å². The molecule has 1 aliphatic heterocycles. The van der Waals surface area contributed by atoms with Gasteiger partial charge in [-0.25, -0.2) is 4.79 Å². The summed E-state index contributed by atoms with van der Waals surface area (Å²) in [7, 11) is 0. The molecule has 0 aliphatic carbocycles. The van der Waals surface area contributed by atoms with Crippen LogP contribution in [0.3, 0.4) is 0 Å². The lowest BCUT2D eigenvalue weighted by atomic mass is 10.1. The van der Waals surface area contributed by atoms with E-state index in [-0.39, 0.29) is 24.2 Å². The summed E-state index contributed by atoms with van der Waals surface area (Å²) < 4.78 is 41.7. The normalized spacial score (nSPS) is 14.1. The fourth-order valence-corrected chi connectivity index (χ4v) is 3.98. The Morgan fingerprint density at radius 1 is 1.00 bits per heavy atom. The largest absolute Gasteiger partial charge is 0.573 e. The second kappa shape index (κ2) is 10.1. The molecule has 3 aromatic carbocycles. The molecule has 9 heteroatoms. The van der Waals surface area contributed by atoms with Gasteiger partial charge in [-0.3, -0.25) is 9.69 Å². The first-order valence-electron chi connectivity index (χ1n) is 11.1. The predicted molar refractivity (Wildman–Crippen MR) is 126 cm³/mol. The van der Waals surface area contributed by atoms with Gasteiger partial charge in [-0.15, -0.1) is 13.2 Å². The molecule has 3 amide bonds. The van der Waals surface area contributed by atoms with Crippen molar-refractivity contribution in [2.75, 3.05) is 23.3 Å². The number of anilines is 2. The molecule has 0 aromatic heterocycles. The van der Waals surface area contributed by atoms with Gasteiger partial charge in [0.15, 0.2) is 0 Å². The lowest BCUT2D eigenvalue weighted by Gasteiger charge is -2.36. The van der Waals surface area contributed by atoms with Crippen molar-refractivity contribution in [2.45, 2.75) is 26.3 Å². The van der Waals surface area contributed by atoms with Crippen LogP contribution < -0.4 is 15.0 Å². The molecule has 0 atom stereocenters. The number of ether oxygens (including phenoxy) is 1. The van der Waals surface area contributed by atoms with E-state index in [1.807, 2.05) is 19.1 Å². The summed E-state index contributed by atoms with van der Waals surface area (Å²) in [4.78, 5) is 29.3. The van der Waals surface area contributed by atoms with Gasteiger partial charge in [0.05, 0.1) is 11.4 Å². The Morgan fingerprint density at radius 2 is 1.77 bits per heavy atom. The van der Waals surface area contributed by atoms with E-state index < -0.39 is 6.36 Å². The second-order valence-corrected chi connectivity index (χ2v) is 8.25. The summed E-state index contributed by atoms with van der Waals surface area (Å²) >= 11 is 0. The predicted octanol–water partition coefficient (Wildman–Crippen LogP) is 5.98. The van der Waals surface area contributed by atoms with Crippen LogP contribution in [0.25, 0.3) is 0 Å². The van der Waals surface area contributed by atoms with Gasteiger partial charge in [0.1, 0.15) is 5.75 Å². The minimum absolute atomic E-state index is 0.127. The van der Waals surface area contributed by atoms with Crippen molar-refractivity contribution in [3.63, 3.8) is 0 Å². The quantitative estimate of drug-likeness (QED) is 0.469. The summed E-state index contributed by atoms with van der Waals surface area (Å²) in [5.41, 5.74) is 2.99. The summed E-state index contributed by atoms with van der Waals surface area (Å²) in [5, 5.41) is 2.90. The van der Waals surface area contributed by atoms with Gasteiger partial charge in [0.25, 0.3) is 5.91 Å². The van der Waals surface area contributed by atoms with Crippen molar-refractivity contribution in [3.8, 4) is 5.75 Å². The van der Waals surface area contributed by atoms with E-state index in [0.717, 1.165) is 5.56 Å². The summed E-state index contributed by atoms with van der Waals surface area (Å²) in [6, 6.07) is 19.5. The molecule has 0 bridgehead atoms. The van der Waals surface area contributed by atoms with Crippen molar-refractivity contribution < 1.29 is 27.5 Å². The number of benzene rings is 3. The number of alkyl halides is 3. The number of hydrogen-bond acceptors (Lipinski definition) is 3. The first-order valence-corrected chi connectivity index (χ1v) is 11.1. The van der Waals surface area contributed by atoms with Crippen molar-refractivity contribution in [1.82, 2.24) is 4.90 Å². The van der Waals surface area contributed by atoms with Gasteiger partial charge in [0.2, 0.25) is 0 Å². The zero-order chi connectivity index (χ0) is 25.0. The van der Waals surface area contributed by atoms with Crippen LogP contribution in [-0.4, -0.2) is 36.3 Å². The molecule has 1 N–H and O–H groups in total. The van der Waals surface area contributed by atoms with Crippen LogP contribution in [0.1, 0.15) is 27.9 Å². The molecular weight excluding hydrogens is 459 g/mol. The maximum Gasteiger partial charge on any atom is 0.573 e. The number of nitrogens with zero attached hydrogens (tertiary/aromatic N) is 2. The molecule has 35 heavy (non-hydrogen) atoms. The van der Waals surface area contributed by atoms with Crippen LogP contribution in [0.15, 0.2) is 72.8 Å². The number of rotatable bonds is 6. The van der Waals surface area contributed by atoms with E-state index in [0.29, 0.717) is 42.0 Å². The van der Waals surface area contributed by atoms with Gasteiger partial charge in [-0.1, -0.05) is 36.4 Å². The van der Waals surface area contributed by atoms with E-state index in [9.17, 15) is 22.8 Å². The third-order valence-electron chi connectivity index (χ3n) is 5.54. The molecular formula is C26H24F3N3O3. The lowest BCUT2D eigenvalue weighted by molar-refractivity contribution is -0.274. The van der Waals surface area contributed by atoms with Gasteiger partial charge in [0, 0.05) is 25.2 Å². The topological polar surface area (TPSA) is 61.9 Å².